The number of hydrogen-bond acceptors (Lipinski definition) is 4. The van der Waals surface area contributed by atoms with E-state index in [4.69, 9.17) is 12.2 Å². The molecule has 188 valence electrons. The van der Waals surface area contributed by atoms with Gasteiger partial charge in [0.25, 0.3) is 0 Å². The van der Waals surface area contributed by atoms with Gasteiger partial charge < -0.3 is 0 Å². The minimum absolute atomic E-state index is 0.129. The lowest BCUT2D eigenvalue weighted by molar-refractivity contribution is -0.271. The molecule has 0 spiro atoms. The van der Waals surface area contributed by atoms with Crippen molar-refractivity contribution in [3.63, 3.8) is 0 Å². The molecule has 2 aromatic carbocycles. The van der Waals surface area contributed by atoms with Crippen LogP contribution in [0.4, 0.5) is 13.2 Å². The van der Waals surface area contributed by atoms with E-state index in [1.54, 1.807) is 6.07 Å². The van der Waals surface area contributed by atoms with E-state index in [1.807, 2.05) is 0 Å². The van der Waals surface area contributed by atoms with Crippen molar-refractivity contribution >= 4 is 27.2 Å². The number of benzene rings is 2. The van der Waals surface area contributed by atoms with Gasteiger partial charge in [-0.2, -0.15) is 12.6 Å². The monoisotopic (exact) mass is 522 g/mol. The van der Waals surface area contributed by atoms with Crippen LogP contribution in [0.3, 0.4) is 0 Å². The van der Waals surface area contributed by atoms with Crippen LogP contribution in [0.15, 0.2) is 47.4 Å². The van der Waals surface area contributed by atoms with E-state index in [0.717, 1.165) is 53.7 Å². The highest BCUT2D eigenvalue weighted by molar-refractivity contribution is 7.86. The van der Waals surface area contributed by atoms with Gasteiger partial charge in [0.15, 0.2) is 0 Å². The first-order valence-electron chi connectivity index (χ1n) is 12.2. The predicted octanol–water partition coefficient (Wildman–Crippen LogP) is 7.11. The second-order valence-electron chi connectivity index (χ2n) is 10.7. The van der Waals surface area contributed by atoms with Crippen molar-refractivity contribution in [2.24, 2.45) is 23.2 Å². The van der Waals surface area contributed by atoms with Crippen LogP contribution in [-0.2, 0) is 20.7 Å². The molecule has 2 fully saturated rings. The fraction of sp³-hybridized carbons (Fsp3) is 0.519. The average Bonchev–Trinajstić information content (AvgIpc) is 3.14. The van der Waals surface area contributed by atoms with Crippen LogP contribution in [0.25, 0.3) is 0 Å². The van der Waals surface area contributed by atoms with Crippen LogP contribution in [0.5, 0.6) is 0 Å². The number of aryl methyl sites for hydroxylation is 2. The maximum Gasteiger partial charge on any atom is 0.537 e. The summed E-state index contributed by atoms with van der Waals surface area (Å²) < 4.78 is 65.3. The minimum atomic E-state index is -5.24. The summed E-state index contributed by atoms with van der Waals surface area (Å²) >= 11 is 6.01. The molecule has 5 atom stereocenters. The molecular formula is C27H29F3O3S2. The number of hydrogen-bond donors (Lipinski definition) is 0. The largest absolute Gasteiger partial charge is 0.537 e. The van der Waals surface area contributed by atoms with Crippen LogP contribution in [0, 0.1) is 30.1 Å². The lowest BCUT2D eigenvalue weighted by Gasteiger charge is -2.51. The summed E-state index contributed by atoms with van der Waals surface area (Å²) in [6.45, 7) is 4.47. The third-order valence-electron chi connectivity index (χ3n) is 8.84. The summed E-state index contributed by atoms with van der Waals surface area (Å²) in [5.41, 5.74) is 4.40. The molecule has 0 amide bonds. The topological polar surface area (TPSA) is 43.4 Å². The highest BCUT2D eigenvalue weighted by atomic mass is 32.2. The fourth-order valence-electron chi connectivity index (χ4n) is 7.24. The van der Waals surface area contributed by atoms with Crippen molar-refractivity contribution in [3.05, 3.63) is 64.7 Å². The summed E-state index contributed by atoms with van der Waals surface area (Å²) in [6.07, 6.45) is 0.531. The van der Waals surface area contributed by atoms with E-state index >= 15 is 0 Å². The molecule has 2 saturated carbocycles. The number of alkyl halides is 3. The smallest absolute Gasteiger partial charge is 0.194 e. The van der Waals surface area contributed by atoms with E-state index in [9.17, 15) is 21.6 Å². The summed E-state index contributed by atoms with van der Waals surface area (Å²) in [5, 5.41) is 0. The van der Waals surface area contributed by atoms with E-state index in [0.29, 0.717) is 30.1 Å². The van der Waals surface area contributed by atoms with Gasteiger partial charge in [0.2, 0.25) is 0 Å². The Morgan fingerprint density at radius 3 is 2.46 bits per heavy atom. The van der Waals surface area contributed by atoms with Gasteiger partial charge in [0, 0.05) is 10.8 Å². The van der Waals surface area contributed by atoms with Crippen molar-refractivity contribution in [3.8, 4) is 0 Å². The molecule has 0 unspecified atom stereocenters. The predicted molar refractivity (Wildman–Crippen MR) is 132 cm³/mol. The van der Waals surface area contributed by atoms with Crippen molar-refractivity contribution in [2.75, 3.05) is 0 Å². The Balaban J connectivity index is 1.39. The molecule has 0 N–H and O–H groups in total. The molecule has 8 heteroatoms. The zero-order valence-electron chi connectivity index (χ0n) is 19.8. The van der Waals surface area contributed by atoms with E-state index in [1.165, 1.54) is 17.7 Å². The molecule has 0 aliphatic heterocycles. The van der Waals surface area contributed by atoms with Crippen LogP contribution in [-0.4, -0.2) is 19.6 Å². The zero-order valence-corrected chi connectivity index (χ0v) is 21.4. The molecule has 35 heavy (non-hydrogen) atoms. The molecule has 3 aliphatic rings. The minimum Gasteiger partial charge on any atom is -0.194 e. The molecule has 5 rings (SSSR count). The van der Waals surface area contributed by atoms with Gasteiger partial charge in [-0.1, -0.05) is 55.0 Å². The lowest BCUT2D eigenvalue weighted by Crippen LogP contribution is -2.43. The van der Waals surface area contributed by atoms with E-state index in [-0.39, 0.29) is 5.41 Å². The maximum atomic E-state index is 12.6. The summed E-state index contributed by atoms with van der Waals surface area (Å²) in [5.74, 6) is 1.66. The van der Waals surface area contributed by atoms with E-state index < -0.39 is 21.4 Å². The van der Waals surface area contributed by atoms with Gasteiger partial charge in [-0.3, -0.25) is 0 Å². The van der Waals surface area contributed by atoms with Crippen LogP contribution >= 0.6 is 12.2 Å². The van der Waals surface area contributed by atoms with Crippen molar-refractivity contribution < 1.29 is 25.8 Å². The van der Waals surface area contributed by atoms with Crippen molar-refractivity contribution in [1.82, 2.24) is 0 Å². The Kier molecular flexibility index (Phi) is 6.17. The van der Waals surface area contributed by atoms with Crippen LogP contribution in [0.1, 0.15) is 67.2 Å². The van der Waals surface area contributed by atoms with E-state index in [2.05, 4.69) is 42.3 Å². The highest BCUT2D eigenvalue weighted by Gasteiger charge is 2.55. The van der Waals surface area contributed by atoms with Crippen LogP contribution < -0.4 is 0 Å². The number of fused-ring (bicyclic) bond motifs is 5. The fourth-order valence-corrected chi connectivity index (χ4v) is 8.63. The molecule has 0 saturated heterocycles. The molecule has 0 bridgehead atoms. The first kappa shape index (κ1) is 24.9. The van der Waals surface area contributed by atoms with Crippen LogP contribution in [0.2, 0.25) is 0 Å². The number of thiocarbonyl (C=S) groups is 1. The third-order valence-corrected chi connectivity index (χ3v) is 10.6. The molecule has 3 nitrogen and oxygen atoms in total. The molecule has 2 aromatic rings. The maximum absolute atomic E-state index is 12.6. The summed E-state index contributed by atoms with van der Waals surface area (Å²) in [4.78, 5) is 0.626. The molecule has 0 aromatic heterocycles. The standard InChI is InChI=1S/C27H29F3O3S2/c1-16-3-5-17(6-4-16)25(34)24-12-11-23-22-9-7-18-15-19(35(31,32)33-27(28,29)30)8-10-20(18)21(22)13-14-26(23,24)2/h3-6,8,10,15,21-24H,7,9,11-14H2,1-2H3/t21-,22-,23+,24-,26+/m1/s1. The molecule has 0 radical (unpaired) electrons. The number of halogens is 3. The quantitative estimate of drug-likeness (QED) is 0.244. The highest BCUT2D eigenvalue weighted by Crippen LogP contribution is 2.63. The van der Waals surface area contributed by atoms with Gasteiger partial charge in [-0.25, -0.2) is 0 Å². The summed E-state index contributed by atoms with van der Waals surface area (Å²) in [7, 11) is -4.89. The Morgan fingerprint density at radius 1 is 1.06 bits per heavy atom. The van der Waals surface area contributed by atoms with Gasteiger partial charge in [-0.15, -0.1) is 13.2 Å². The Bertz CT molecular complexity index is 1250. The van der Waals surface area contributed by atoms with Gasteiger partial charge in [0.05, 0.1) is 4.90 Å². The van der Waals surface area contributed by atoms with Gasteiger partial charge >= 0.3 is 16.5 Å². The normalized spacial score (nSPS) is 30.3. The zero-order chi connectivity index (χ0) is 25.2. The van der Waals surface area contributed by atoms with Crippen molar-refractivity contribution in [2.45, 2.75) is 69.5 Å². The lowest BCUT2D eigenvalue weighted by atomic mass is 9.54. The summed E-state index contributed by atoms with van der Waals surface area (Å²) in [6, 6.07) is 12.8. The first-order chi connectivity index (χ1) is 16.4. The van der Waals surface area contributed by atoms with Gasteiger partial charge in [0.1, 0.15) is 0 Å². The molecule has 3 aliphatic carbocycles. The third kappa shape index (κ3) is 4.46. The SMILES string of the molecule is Cc1ccc(C(=S)[C@H]2CC[C@H]3[C@@H]4CCc5cc(S(=O)(=O)OC(F)(F)F)ccc5[C@H]4CC[C@]23C)cc1. The van der Waals surface area contributed by atoms with Crippen molar-refractivity contribution in [1.29, 1.82) is 0 Å². The first-order valence-corrected chi connectivity index (χ1v) is 14.0. The number of rotatable bonds is 4. The Morgan fingerprint density at radius 2 is 1.77 bits per heavy atom. The Hall–Kier alpha value is -1.77. The average molecular weight is 523 g/mol. The van der Waals surface area contributed by atoms with Gasteiger partial charge in [-0.05, 0) is 97.4 Å². The second-order valence-corrected chi connectivity index (χ2v) is 12.7. The molecular weight excluding hydrogens is 493 g/mol. The Labute approximate surface area is 210 Å². The second kappa shape index (κ2) is 8.67. The molecule has 0 heterocycles.